The quantitative estimate of drug-likeness (QED) is 0.580. The van der Waals surface area contributed by atoms with Crippen molar-refractivity contribution in [3.63, 3.8) is 0 Å². The van der Waals surface area contributed by atoms with E-state index in [2.05, 4.69) is 6.92 Å². The lowest BCUT2D eigenvalue weighted by Crippen LogP contribution is -2.17. The van der Waals surface area contributed by atoms with Crippen molar-refractivity contribution < 1.29 is 9.53 Å². The van der Waals surface area contributed by atoms with Crippen molar-refractivity contribution >= 4 is 18.4 Å². The molecule has 0 fully saturated rings. The summed E-state index contributed by atoms with van der Waals surface area (Å²) in [5.41, 5.74) is 6.41. The number of carbonyl (C=O) groups is 1. The SMILES string of the molecule is CCCCOC(=O)C1=CCC(N)C1.Cl. The fourth-order valence-electron chi connectivity index (χ4n) is 1.31. The lowest BCUT2D eigenvalue weighted by Gasteiger charge is -2.04. The molecule has 1 aliphatic rings. The first-order chi connectivity index (χ1) is 6.24. The van der Waals surface area contributed by atoms with E-state index in [1.807, 2.05) is 6.08 Å². The maximum Gasteiger partial charge on any atom is 0.333 e. The Morgan fingerprint density at radius 3 is 2.93 bits per heavy atom. The van der Waals surface area contributed by atoms with Crippen LogP contribution in [0.5, 0.6) is 0 Å². The first-order valence-corrected chi connectivity index (χ1v) is 4.85. The monoisotopic (exact) mass is 219 g/mol. The van der Waals surface area contributed by atoms with Crippen molar-refractivity contribution in [2.45, 2.75) is 38.6 Å². The highest BCUT2D eigenvalue weighted by Gasteiger charge is 2.19. The van der Waals surface area contributed by atoms with Crippen LogP contribution in [0.2, 0.25) is 0 Å². The minimum atomic E-state index is -0.179. The molecule has 0 aromatic heterocycles. The van der Waals surface area contributed by atoms with Crippen molar-refractivity contribution in [3.8, 4) is 0 Å². The van der Waals surface area contributed by atoms with Gasteiger partial charge in [0, 0.05) is 11.6 Å². The molecule has 1 rings (SSSR count). The number of halogens is 1. The van der Waals surface area contributed by atoms with Gasteiger partial charge in [0.2, 0.25) is 0 Å². The number of unbranched alkanes of at least 4 members (excludes halogenated alkanes) is 1. The highest BCUT2D eigenvalue weighted by atomic mass is 35.5. The molecular weight excluding hydrogens is 202 g/mol. The molecule has 1 aliphatic carbocycles. The van der Waals surface area contributed by atoms with E-state index in [0.29, 0.717) is 13.0 Å². The van der Waals surface area contributed by atoms with Gasteiger partial charge in [0.05, 0.1) is 6.61 Å². The van der Waals surface area contributed by atoms with E-state index in [1.165, 1.54) is 0 Å². The summed E-state index contributed by atoms with van der Waals surface area (Å²) in [5.74, 6) is -0.179. The van der Waals surface area contributed by atoms with Crippen LogP contribution in [-0.4, -0.2) is 18.6 Å². The van der Waals surface area contributed by atoms with Crippen molar-refractivity contribution in [1.29, 1.82) is 0 Å². The Morgan fingerprint density at radius 1 is 1.71 bits per heavy atom. The van der Waals surface area contributed by atoms with Gasteiger partial charge in [-0.2, -0.15) is 0 Å². The Bertz CT molecular complexity index is 216. The molecular formula is C10H18ClNO2. The molecule has 3 nitrogen and oxygen atoms in total. The van der Waals surface area contributed by atoms with E-state index >= 15 is 0 Å². The van der Waals surface area contributed by atoms with Crippen molar-refractivity contribution in [2.24, 2.45) is 5.73 Å². The van der Waals surface area contributed by atoms with Gasteiger partial charge in [-0.05, 0) is 19.3 Å². The molecule has 0 spiro atoms. The fraction of sp³-hybridized carbons (Fsp3) is 0.700. The summed E-state index contributed by atoms with van der Waals surface area (Å²) >= 11 is 0. The third-order valence-corrected chi connectivity index (χ3v) is 2.14. The van der Waals surface area contributed by atoms with Crippen LogP contribution in [0, 0.1) is 0 Å². The summed E-state index contributed by atoms with van der Waals surface area (Å²) < 4.78 is 5.05. The van der Waals surface area contributed by atoms with Gasteiger partial charge in [-0.25, -0.2) is 4.79 Å². The van der Waals surface area contributed by atoms with Crippen LogP contribution in [0.4, 0.5) is 0 Å². The smallest absolute Gasteiger partial charge is 0.333 e. The van der Waals surface area contributed by atoms with E-state index in [0.717, 1.165) is 24.8 Å². The highest BCUT2D eigenvalue weighted by molar-refractivity contribution is 5.89. The molecule has 0 heterocycles. The summed E-state index contributed by atoms with van der Waals surface area (Å²) in [5, 5.41) is 0. The number of hydrogen-bond donors (Lipinski definition) is 1. The number of ether oxygens (including phenoxy) is 1. The van der Waals surface area contributed by atoms with Crippen LogP contribution in [0.15, 0.2) is 11.6 Å². The second-order valence-electron chi connectivity index (χ2n) is 3.42. The van der Waals surface area contributed by atoms with Crippen molar-refractivity contribution in [2.75, 3.05) is 6.61 Å². The third kappa shape index (κ3) is 4.11. The van der Waals surface area contributed by atoms with Gasteiger partial charge >= 0.3 is 5.97 Å². The molecule has 2 N–H and O–H groups in total. The molecule has 1 unspecified atom stereocenters. The second-order valence-corrected chi connectivity index (χ2v) is 3.42. The number of hydrogen-bond acceptors (Lipinski definition) is 3. The molecule has 0 aromatic carbocycles. The van der Waals surface area contributed by atoms with Crippen LogP contribution < -0.4 is 5.73 Å². The largest absolute Gasteiger partial charge is 0.462 e. The Morgan fingerprint density at radius 2 is 2.43 bits per heavy atom. The van der Waals surface area contributed by atoms with E-state index in [4.69, 9.17) is 10.5 Å². The minimum Gasteiger partial charge on any atom is -0.462 e. The van der Waals surface area contributed by atoms with Crippen LogP contribution >= 0.6 is 12.4 Å². The molecule has 1 atom stereocenters. The maximum atomic E-state index is 11.3. The molecule has 0 amide bonds. The van der Waals surface area contributed by atoms with Crippen LogP contribution in [-0.2, 0) is 9.53 Å². The zero-order valence-electron chi connectivity index (χ0n) is 8.49. The topological polar surface area (TPSA) is 52.3 Å². The van der Waals surface area contributed by atoms with Crippen LogP contribution in [0.3, 0.4) is 0 Å². The molecule has 82 valence electrons. The zero-order valence-corrected chi connectivity index (χ0v) is 9.31. The van der Waals surface area contributed by atoms with Gasteiger partial charge in [-0.3, -0.25) is 0 Å². The standard InChI is InChI=1S/C10H17NO2.ClH/c1-2-3-6-13-10(12)8-4-5-9(11)7-8;/h4,9H,2-3,5-7,11H2,1H3;1H. The highest BCUT2D eigenvalue weighted by Crippen LogP contribution is 2.17. The average molecular weight is 220 g/mol. The molecule has 0 aliphatic heterocycles. The van der Waals surface area contributed by atoms with Gasteiger partial charge in [0.25, 0.3) is 0 Å². The van der Waals surface area contributed by atoms with Crippen molar-refractivity contribution in [1.82, 2.24) is 0 Å². The van der Waals surface area contributed by atoms with E-state index in [-0.39, 0.29) is 24.4 Å². The molecule has 4 heteroatoms. The first kappa shape index (κ1) is 13.5. The molecule has 0 saturated carbocycles. The summed E-state index contributed by atoms with van der Waals surface area (Å²) in [6.07, 6.45) is 5.35. The zero-order chi connectivity index (χ0) is 9.68. The summed E-state index contributed by atoms with van der Waals surface area (Å²) in [6.45, 7) is 2.60. The normalized spacial score (nSPS) is 19.9. The van der Waals surface area contributed by atoms with Crippen LogP contribution in [0.25, 0.3) is 0 Å². The fourth-order valence-corrected chi connectivity index (χ4v) is 1.31. The molecule has 14 heavy (non-hydrogen) atoms. The van der Waals surface area contributed by atoms with E-state index in [9.17, 15) is 4.79 Å². The predicted octanol–water partition coefficient (Wildman–Crippen LogP) is 1.80. The molecule has 0 aromatic rings. The summed E-state index contributed by atoms with van der Waals surface area (Å²) in [6, 6.07) is 0.119. The van der Waals surface area contributed by atoms with Gasteiger partial charge < -0.3 is 10.5 Å². The summed E-state index contributed by atoms with van der Waals surface area (Å²) in [7, 11) is 0. The van der Waals surface area contributed by atoms with E-state index < -0.39 is 0 Å². The minimum absolute atomic E-state index is 0. The molecule has 0 saturated heterocycles. The Kier molecular flexibility index (Phi) is 6.58. The van der Waals surface area contributed by atoms with Gasteiger partial charge in [0.15, 0.2) is 0 Å². The third-order valence-electron chi connectivity index (χ3n) is 2.14. The predicted molar refractivity (Wildman–Crippen MR) is 58.4 cm³/mol. The van der Waals surface area contributed by atoms with Crippen molar-refractivity contribution in [3.05, 3.63) is 11.6 Å². The van der Waals surface area contributed by atoms with E-state index in [1.54, 1.807) is 0 Å². The number of nitrogens with two attached hydrogens (primary N) is 1. The molecule has 0 bridgehead atoms. The Labute approximate surface area is 91.1 Å². The lowest BCUT2D eigenvalue weighted by molar-refractivity contribution is -0.139. The number of esters is 1. The lowest BCUT2D eigenvalue weighted by atomic mass is 10.2. The maximum absolute atomic E-state index is 11.3. The first-order valence-electron chi connectivity index (χ1n) is 4.85. The van der Waals surface area contributed by atoms with Gasteiger partial charge in [-0.1, -0.05) is 19.4 Å². The summed E-state index contributed by atoms with van der Waals surface area (Å²) in [4.78, 5) is 11.3. The van der Waals surface area contributed by atoms with Crippen LogP contribution in [0.1, 0.15) is 32.6 Å². The number of carbonyl (C=O) groups excluding carboxylic acids is 1. The molecule has 0 radical (unpaired) electrons. The van der Waals surface area contributed by atoms with Gasteiger partial charge in [-0.15, -0.1) is 12.4 Å². The number of rotatable bonds is 4. The Balaban J connectivity index is 0.00000169. The average Bonchev–Trinajstić information content (AvgIpc) is 2.52. The van der Waals surface area contributed by atoms with Gasteiger partial charge in [0.1, 0.15) is 0 Å². The Hall–Kier alpha value is -0.540. The second kappa shape index (κ2) is 6.85.